The van der Waals surface area contributed by atoms with E-state index in [0.29, 0.717) is 12.6 Å². The van der Waals surface area contributed by atoms with Gasteiger partial charge in [0.15, 0.2) is 0 Å². The fraction of sp³-hybridized carbons (Fsp3) is 0.133. The van der Waals surface area contributed by atoms with Crippen molar-refractivity contribution in [3.05, 3.63) is 108 Å². The number of aryl methyl sites for hydroxylation is 2. The van der Waals surface area contributed by atoms with Gasteiger partial charge in [-0.2, -0.15) is 0 Å². The molecule has 0 aliphatic heterocycles. The van der Waals surface area contributed by atoms with E-state index in [4.69, 9.17) is 9.72 Å². The summed E-state index contributed by atoms with van der Waals surface area (Å²) in [7, 11) is 0. The Bertz CT molecular complexity index is 1460. The Kier molecular flexibility index (Phi) is 7.35. The minimum atomic E-state index is 0.521. The first-order valence-corrected chi connectivity index (χ1v) is 13.8. The van der Waals surface area contributed by atoms with Crippen molar-refractivity contribution in [3.63, 3.8) is 0 Å². The lowest BCUT2D eigenvalue weighted by Gasteiger charge is -2.11. The smallest absolute Gasteiger partial charge is 0.227 e. The summed E-state index contributed by atoms with van der Waals surface area (Å²) in [6.45, 7) is 4.70. The second-order valence-corrected chi connectivity index (χ2v) is 10.7. The van der Waals surface area contributed by atoms with E-state index >= 15 is 0 Å². The summed E-state index contributed by atoms with van der Waals surface area (Å²) < 4.78 is 7.25. The van der Waals surface area contributed by atoms with E-state index in [1.165, 1.54) is 20.9 Å². The highest BCUT2D eigenvalue weighted by Crippen LogP contribution is 2.43. The predicted octanol–water partition coefficient (Wildman–Crippen LogP) is 8.53. The lowest BCUT2D eigenvalue weighted by atomic mass is 10.0. The van der Waals surface area contributed by atoms with Gasteiger partial charge in [0.25, 0.3) is 0 Å². The third kappa shape index (κ3) is 5.61. The van der Waals surface area contributed by atoms with Crippen LogP contribution in [0.1, 0.15) is 16.7 Å². The van der Waals surface area contributed by atoms with Crippen molar-refractivity contribution < 1.29 is 4.74 Å². The molecule has 0 spiro atoms. The molecule has 0 radical (unpaired) electrons. The Morgan fingerprint density at radius 2 is 1.72 bits per heavy atom. The van der Waals surface area contributed by atoms with Gasteiger partial charge in [0.1, 0.15) is 12.4 Å². The maximum Gasteiger partial charge on any atom is 0.227 e. The largest absolute Gasteiger partial charge is 0.489 e. The molecule has 0 bridgehead atoms. The number of nitrogens with zero attached hydrogens (tertiary/aromatic N) is 2. The zero-order chi connectivity index (χ0) is 24.9. The lowest BCUT2D eigenvalue weighted by molar-refractivity contribution is 0.306. The van der Waals surface area contributed by atoms with Crippen LogP contribution in [0.15, 0.2) is 95.3 Å². The molecular formula is C30H27N3OS2. The number of aromatic nitrogens is 2. The molecule has 180 valence electrons. The highest BCUT2D eigenvalue weighted by atomic mass is 32.2. The molecule has 4 nitrogen and oxygen atoms in total. The highest BCUT2D eigenvalue weighted by Gasteiger charge is 2.17. The Balaban J connectivity index is 1.41. The second-order valence-electron chi connectivity index (χ2n) is 8.53. The van der Waals surface area contributed by atoms with Crippen molar-refractivity contribution in [2.75, 3.05) is 11.6 Å². The van der Waals surface area contributed by atoms with Gasteiger partial charge >= 0.3 is 0 Å². The summed E-state index contributed by atoms with van der Waals surface area (Å²) in [5.41, 5.74) is 7.65. The fourth-order valence-corrected chi connectivity index (χ4v) is 5.65. The number of anilines is 2. The molecule has 0 aliphatic carbocycles. The van der Waals surface area contributed by atoms with Gasteiger partial charge in [-0.25, -0.2) is 9.97 Å². The highest BCUT2D eigenvalue weighted by molar-refractivity contribution is 8.00. The fourth-order valence-electron chi connectivity index (χ4n) is 3.86. The van der Waals surface area contributed by atoms with Gasteiger partial charge in [0, 0.05) is 23.5 Å². The molecule has 5 rings (SSSR count). The molecular weight excluding hydrogens is 482 g/mol. The third-order valence-corrected chi connectivity index (χ3v) is 8.01. The van der Waals surface area contributed by atoms with E-state index < -0.39 is 0 Å². The molecule has 0 saturated heterocycles. The average molecular weight is 510 g/mol. The molecule has 1 N–H and O–H groups in total. The Morgan fingerprint density at radius 1 is 0.917 bits per heavy atom. The minimum Gasteiger partial charge on any atom is -0.489 e. The number of thioether (sulfide) groups is 1. The van der Waals surface area contributed by atoms with Gasteiger partial charge in [-0.15, -0.1) is 23.1 Å². The maximum absolute atomic E-state index is 5.99. The number of thiophene rings is 1. The quantitative estimate of drug-likeness (QED) is 0.212. The molecule has 2 aromatic heterocycles. The van der Waals surface area contributed by atoms with Gasteiger partial charge in [-0.05, 0) is 55.0 Å². The summed E-state index contributed by atoms with van der Waals surface area (Å²) in [6.07, 6.45) is 4.00. The van der Waals surface area contributed by atoms with Crippen LogP contribution in [0, 0.1) is 13.8 Å². The zero-order valence-corrected chi connectivity index (χ0v) is 22.1. The maximum atomic E-state index is 5.99. The van der Waals surface area contributed by atoms with Gasteiger partial charge < -0.3 is 10.1 Å². The standard InChI is InChI=1S/C30H27N3OS2/c1-20-12-14-23(15-13-20)26-17-27(35-3)36-29(26)28-21(2)18-31-30(33-28)32-24-10-7-11-25(16-24)34-19-22-8-5-4-6-9-22/h4-18H,19H2,1-3H3,(H,31,32,33). The average Bonchev–Trinajstić information content (AvgIpc) is 3.34. The van der Waals surface area contributed by atoms with Crippen LogP contribution in [-0.2, 0) is 6.61 Å². The van der Waals surface area contributed by atoms with Crippen molar-refractivity contribution >= 4 is 34.7 Å². The molecule has 6 heteroatoms. The predicted molar refractivity (Wildman–Crippen MR) is 153 cm³/mol. The zero-order valence-electron chi connectivity index (χ0n) is 20.5. The molecule has 5 aromatic rings. The van der Waals surface area contributed by atoms with Crippen LogP contribution in [0.5, 0.6) is 5.75 Å². The van der Waals surface area contributed by atoms with Gasteiger partial charge in [0.05, 0.1) is 14.8 Å². The summed E-state index contributed by atoms with van der Waals surface area (Å²) in [5.74, 6) is 1.35. The summed E-state index contributed by atoms with van der Waals surface area (Å²) in [6, 6.07) is 29.0. The van der Waals surface area contributed by atoms with Crippen LogP contribution in [0.3, 0.4) is 0 Å². The molecule has 2 heterocycles. The normalized spacial score (nSPS) is 10.9. The van der Waals surface area contributed by atoms with E-state index in [0.717, 1.165) is 33.1 Å². The second kappa shape index (κ2) is 11.0. The van der Waals surface area contributed by atoms with Crippen molar-refractivity contribution in [1.29, 1.82) is 0 Å². The number of ether oxygens (including phenoxy) is 1. The van der Waals surface area contributed by atoms with Crippen LogP contribution in [-0.4, -0.2) is 16.2 Å². The molecule has 0 aliphatic rings. The van der Waals surface area contributed by atoms with Crippen LogP contribution < -0.4 is 10.1 Å². The summed E-state index contributed by atoms with van der Waals surface area (Å²) in [5, 5.41) is 3.36. The van der Waals surface area contributed by atoms with E-state index in [9.17, 15) is 0 Å². The third-order valence-electron chi connectivity index (χ3n) is 5.80. The Labute approximate surface area is 220 Å². The van der Waals surface area contributed by atoms with Gasteiger partial charge in [-0.3, -0.25) is 0 Å². The summed E-state index contributed by atoms with van der Waals surface area (Å²) >= 11 is 3.53. The molecule has 0 atom stereocenters. The van der Waals surface area contributed by atoms with Crippen molar-refractivity contribution in [2.24, 2.45) is 0 Å². The Morgan fingerprint density at radius 3 is 2.50 bits per heavy atom. The molecule has 3 aromatic carbocycles. The molecule has 0 fully saturated rings. The number of nitrogens with one attached hydrogen (secondary N) is 1. The van der Waals surface area contributed by atoms with Crippen LogP contribution in [0.25, 0.3) is 21.7 Å². The van der Waals surface area contributed by atoms with Gasteiger partial charge in [-0.1, -0.05) is 66.2 Å². The number of hydrogen-bond donors (Lipinski definition) is 1. The lowest BCUT2D eigenvalue weighted by Crippen LogP contribution is -2.00. The van der Waals surface area contributed by atoms with E-state index in [2.05, 4.69) is 72.9 Å². The van der Waals surface area contributed by atoms with Crippen LogP contribution in [0.2, 0.25) is 0 Å². The van der Waals surface area contributed by atoms with Crippen molar-refractivity contribution in [3.8, 4) is 27.4 Å². The van der Waals surface area contributed by atoms with E-state index in [1.807, 2.05) is 48.7 Å². The monoisotopic (exact) mass is 509 g/mol. The Hall–Kier alpha value is -3.61. The number of benzene rings is 3. The number of hydrogen-bond acceptors (Lipinski definition) is 6. The van der Waals surface area contributed by atoms with Crippen LogP contribution in [0.4, 0.5) is 11.6 Å². The number of rotatable bonds is 8. The van der Waals surface area contributed by atoms with Crippen molar-refractivity contribution in [1.82, 2.24) is 9.97 Å². The topological polar surface area (TPSA) is 47.0 Å². The molecule has 0 unspecified atom stereocenters. The summed E-state index contributed by atoms with van der Waals surface area (Å²) in [4.78, 5) is 10.7. The van der Waals surface area contributed by atoms with Gasteiger partial charge in [0.2, 0.25) is 5.95 Å². The first-order valence-electron chi connectivity index (χ1n) is 11.7. The van der Waals surface area contributed by atoms with E-state index in [-0.39, 0.29) is 0 Å². The van der Waals surface area contributed by atoms with Crippen molar-refractivity contribution in [2.45, 2.75) is 24.7 Å². The molecule has 36 heavy (non-hydrogen) atoms. The SMILES string of the molecule is CSc1cc(-c2ccc(C)cc2)c(-c2nc(Nc3cccc(OCc4ccccc4)c3)ncc2C)s1. The van der Waals surface area contributed by atoms with Crippen LogP contribution >= 0.6 is 23.1 Å². The van der Waals surface area contributed by atoms with E-state index in [1.54, 1.807) is 23.1 Å². The molecule has 0 saturated carbocycles. The first kappa shape index (κ1) is 24.1. The minimum absolute atomic E-state index is 0.521. The molecule has 0 amide bonds. The first-order chi connectivity index (χ1) is 17.6.